The predicted octanol–water partition coefficient (Wildman–Crippen LogP) is 7.82. The van der Waals surface area contributed by atoms with Crippen LogP contribution in [-0.4, -0.2) is 28.2 Å². The number of rotatable bonds is 10. The van der Waals surface area contributed by atoms with Crippen LogP contribution in [0.2, 0.25) is 5.02 Å². The predicted molar refractivity (Wildman–Crippen MR) is 171 cm³/mol. The number of aromatic nitrogens is 4. The molecule has 0 bridgehead atoms. The molecule has 0 aliphatic carbocycles. The normalized spacial score (nSPS) is 11.4. The summed E-state index contributed by atoms with van der Waals surface area (Å²) in [6, 6.07) is 28.8. The molecular weight excluding hydrogens is 632 g/mol. The summed E-state index contributed by atoms with van der Waals surface area (Å²) in [6.45, 7) is 1.91. The molecule has 0 amide bonds. The molecule has 0 spiro atoms. The van der Waals surface area contributed by atoms with Gasteiger partial charge in [0, 0.05) is 5.69 Å². The Morgan fingerprint density at radius 2 is 1.54 bits per heavy atom. The Labute approximate surface area is 269 Å². The van der Waals surface area contributed by atoms with Crippen molar-refractivity contribution in [2.24, 2.45) is 0 Å². The van der Waals surface area contributed by atoms with Crippen LogP contribution in [0.15, 0.2) is 120 Å². The lowest BCUT2D eigenvalue weighted by atomic mass is 10.1. The summed E-state index contributed by atoms with van der Waals surface area (Å²) in [4.78, 5) is 3.97. The Hall–Kier alpha value is -5.13. The third-order valence-corrected chi connectivity index (χ3v) is 9.21. The molecule has 8 nitrogen and oxygen atoms in total. The first-order chi connectivity index (χ1) is 22.2. The van der Waals surface area contributed by atoms with Gasteiger partial charge in [-0.25, -0.2) is 17.2 Å². The summed E-state index contributed by atoms with van der Waals surface area (Å²) >= 11 is 5.92. The molecule has 12 heteroatoms. The van der Waals surface area contributed by atoms with Gasteiger partial charge in [-0.2, -0.15) is 0 Å². The summed E-state index contributed by atoms with van der Waals surface area (Å²) < 4.78 is 66.5. The van der Waals surface area contributed by atoms with Gasteiger partial charge in [0.05, 0.1) is 29.5 Å². The van der Waals surface area contributed by atoms with Gasteiger partial charge in [-0.15, -0.1) is 10.2 Å². The van der Waals surface area contributed by atoms with Crippen molar-refractivity contribution < 1.29 is 21.9 Å². The maximum Gasteiger partial charge on any atom is 0.267 e. The van der Waals surface area contributed by atoms with E-state index in [-0.39, 0.29) is 17.3 Å². The highest BCUT2D eigenvalue weighted by atomic mass is 35.5. The van der Waals surface area contributed by atoms with Crippen LogP contribution in [0.3, 0.4) is 0 Å². The second-order valence-electron chi connectivity index (χ2n) is 10.3. The highest BCUT2D eigenvalue weighted by Gasteiger charge is 2.30. The Balaban J connectivity index is 1.36. The fourth-order valence-corrected chi connectivity index (χ4v) is 6.48. The van der Waals surface area contributed by atoms with Gasteiger partial charge < -0.3 is 9.30 Å². The Bertz CT molecular complexity index is 2110. The molecule has 0 unspecified atom stereocenters. The van der Waals surface area contributed by atoms with Gasteiger partial charge in [-0.05, 0) is 90.8 Å². The van der Waals surface area contributed by atoms with E-state index in [0.717, 1.165) is 27.8 Å². The average Bonchev–Trinajstić information content (AvgIpc) is 3.48. The van der Waals surface area contributed by atoms with Gasteiger partial charge in [-0.1, -0.05) is 48.0 Å². The molecule has 0 N–H and O–H groups in total. The second-order valence-corrected chi connectivity index (χ2v) is 12.6. The fourth-order valence-electron chi connectivity index (χ4n) is 4.83. The molecule has 2 heterocycles. The number of sulfonamides is 1. The van der Waals surface area contributed by atoms with Crippen LogP contribution in [0, 0.1) is 18.6 Å². The van der Waals surface area contributed by atoms with Crippen molar-refractivity contribution in [2.45, 2.75) is 24.9 Å². The second kappa shape index (κ2) is 13.1. The molecule has 0 saturated carbocycles. The SMILES string of the molecule is Cc1cccc(Cn2cnnc2CN(c2ccc(Oc3ccccc3)cc2)S(=O)(=O)c2ccc(-c3ccc(F)c(Cl)c3)cc2F)n1. The smallest absolute Gasteiger partial charge is 0.267 e. The fraction of sp³-hybridized carbons (Fsp3) is 0.0882. The minimum absolute atomic E-state index is 0.134. The number of nitrogens with zero attached hydrogens (tertiary/aromatic N) is 5. The highest BCUT2D eigenvalue weighted by Crippen LogP contribution is 2.33. The van der Waals surface area contributed by atoms with Crippen molar-refractivity contribution in [2.75, 3.05) is 4.31 Å². The summed E-state index contributed by atoms with van der Waals surface area (Å²) in [6.07, 6.45) is 1.49. The number of ether oxygens (including phenoxy) is 1. The van der Waals surface area contributed by atoms with Crippen LogP contribution >= 0.6 is 11.6 Å². The Morgan fingerprint density at radius 1 is 0.826 bits per heavy atom. The van der Waals surface area contributed by atoms with E-state index in [9.17, 15) is 12.8 Å². The van der Waals surface area contributed by atoms with Crippen molar-refractivity contribution in [1.82, 2.24) is 19.7 Å². The zero-order chi connectivity index (χ0) is 32.3. The molecule has 0 aliphatic rings. The number of pyridine rings is 1. The van der Waals surface area contributed by atoms with Gasteiger partial charge in [0.15, 0.2) is 5.82 Å². The van der Waals surface area contributed by atoms with Crippen LogP contribution in [0.4, 0.5) is 14.5 Å². The highest BCUT2D eigenvalue weighted by molar-refractivity contribution is 7.92. The molecule has 0 aliphatic heterocycles. The molecule has 6 aromatic rings. The molecule has 4 aromatic carbocycles. The van der Waals surface area contributed by atoms with Crippen molar-refractivity contribution >= 4 is 27.3 Å². The van der Waals surface area contributed by atoms with Crippen LogP contribution in [-0.2, 0) is 23.1 Å². The number of aryl methyl sites for hydroxylation is 1. The maximum absolute atomic E-state index is 15.7. The minimum atomic E-state index is -4.51. The molecule has 0 radical (unpaired) electrons. The van der Waals surface area contributed by atoms with Crippen molar-refractivity contribution in [3.05, 3.63) is 149 Å². The average molecular weight is 658 g/mol. The quantitative estimate of drug-likeness (QED) is 0.149. The zero-order valence-corrected chi connectivity index (χ0v) is 26.0. The zero-order valence-electron chi connectivity index (χ0n) is 24.4. The molecule has 46 heavy (non-hydrogen) atoms. The van der Waals surface area contributed by atoms with Gasteiger partial charge in [0.2, 0.25) is 0 Å². The molecule has 6 rings (SSSR count). The van der Waals surface area contributed by atoms with Crippen molar-refractivity contribution in [1.29, 1.82) is 0 Å². The Kier molecular flexibility index (Phi) is 8.78. The van der Waals surface area contributed by atoms with Crippen molar-refractivity contribution in [3.63, 3.8) is 0 Å². The largest absolute Gasteiger partial charge is 0.457 e. The maximum atomic E-state index is 15.7. The van der Waals surface area contributed by atoms with Gasteiger partial charge >= 0.3 is 0 Å². The first-order valence-corrected chi connectivity index (χ1v) is 15.9. The topological polar surface area (TPSA) is 90.2 Å². The lowest BCUT2D eigenvalue weighted by Gasteiger charge is -2.25. The number of anilines is 1. The molecule has 0 fully saturated rings. The third-order valence-electron chi connectivity index (χ3n) is 7.12. The summed E-state index contributed by atoms with van der Waals surface area (Å²) in [5.74, 6) is -0.199. The summed E-state index contributed by atoms with van der Waals surface area (Å²) in [5, 5.41) is 8.07. The molecular formula is C34H26ClF2N5O3S. The van der Waals surface area contributed by atoms with Crippen LogP contribution < -0.4 is 9.04 Å². The lowest BCUT2D eigenvalue weighted by molar-refractivity contribution is 0.482. The number of para-hydroxylation sites is 1. The van der Waals surface area contributed by atoms with Crippen molar-refractivity contribution in [3.8, 4) is 22.6 Å². The first-order valence-electron chi connectivity index (χ1n) is 14.1. The van der Waals surface area contributed by atoms with E-state index in [4.69, 9.17) is 16.3 Å². The lowest BCUT2D eigenvalue weighted by Crippen LogP contribution is -2.32. The van der Waals surface area contributed by atoms with E-state index >= 15 is 4.39 Å². The van der Waals surface area contributed by atoms with E-state index in [1.165, 1.54) is 30.6 Å². The van der Waals surface area contributed by atoms with Crippen LogP contribution in [0.5, 0.6) is 11.5 Å². The Morgan fingerprint density at radius 3 is 2.26 bits per heavy atom. The van der Waals surface area contributed by atoms with E-state index < -0.39 is 26.6 Å². The van der Waals surface area contributed by atoms with Crippen LogP contribution in [0.25, 0.3) is 11.1 Å². The molecule has 0 saturated heterocycles. The monoisotopic (exact) mass is 657 g/mol. The van der Waals surface area contributed by atoms with E-state index in [0.29, 0.717) is 35.0 Å². The summed E-state index contributed by atoms with van der Waals surface area (Å²) in [5.41, 5.74) is 2.57. The number of halogens is 3. The number of hydrogen-bond donors (Lipinski definition) is 0. The molecule has 2 aromatic heterocycles. The van der Waals surface area contributed by atoms with Crippen LogP contribution in [0.1, 0.15) is 17.2 Å². The number of benzene rings is 4. The molecule has 232 valence electrons. The van der Waals surface area contributed by atoms with Gasteiger partial charge in [0.25, 0.3) is 10.0 Å². The standard InChI is InChI=1S/C34H26ClF2N5O3S/c1-23-6-5-7-26(39-23)20-41-22-38-40-34(41)21-42(27-12-14-29(15-13-27)45-28-8-3-2-4-9-28)46(43,44)33-17-11-25(19-32(33)37)24-10-16-31(36)30(35)18-24/h2-19,22H,20-21H2,1H3. The van der Waals surface area contributed by atoms with E-state index in [2.05, 4.69) is 15.2 Å². The first kappa shape index (κ1) is 30.9. The van der Waals surface area contributed by atoms with E-state index in [1.807, 2.05) is 43.3 Å². The number of hydrogen-bond acceptors (Lipinski definition) is 6. The van der Waals surface area contributed by atoms with Gasteiger partial charge in [-0.3, -0.25) is 9.29 Å². The summed E-state index contributed by atoms with van der Waals surface area (Å²) in [7, 11) is -4.51. The van der Waals surface area contributed by atoms with E-state index in [1.54, 1.807) is 41.0 Å². The third kappa shape index (κ3) is 6.75. The van der Waals surface area contributed by atoms with Gasteiger partial charge in [0.1, 0.15) is 34.4 Å². The minimum Gasteiger partial charge on any atom is -0.457 e. The molecule has 0 atom stereocenters.